The number of halogens is 1. The molecule has 6 nitrogen and oxygen atoms in total. The molecule has 1 aliphatic rings. The maximum atomic E-state index is 12.1. The lowest BCUT2D eigenvalue weighted by Gasteiger charge is -2.31. The first-order valence-electron chi connectivity index (χ1n) is 6.76. The van der Waals surface area contributed by atoms with E-state index < -0.39 is 6.10 Å². The van der Waals surface area contributed by atoms with Gasteiger partial charge in [-0.1, -0.05) is 17.7 Å². The lowest BCUT2D eigenvalue weighted by Crippen LogP contribution is -2.50. The Morgan fingerprint density at radius 1 is 1.52 bits per heavy atom. The molecule has 0 spiro atoms. The van der Waals surface area contributed by atoms with E-state index in [9.17, 15) is 9.59 Å². The van der Waals surface area contributed by atoms with Crippen LogP contribution < -0.4 is 11.1 Å². The van der Waals surface area contributed by atoms with Gasteiger partial charge in [-0.3, -0.25) is 9.59 Å². The van der Waals surface area contributed by atoms with Gasteiger partial charge >= 0.3 is 0 Å². The SMILES string of the molecule is NCCN1CCOC(CC(=O)Nc2cccc(Cl)c2)C1=O. The van der Waals surface area contributed by atoms with Gasteiger partial charge in [-0.25, -0.2) is 0 Å². The first-order chi connectivity index (χ1) is 10.1. The second kappa shape index (κ2) is 7.40. The summed E-state index contributed by atoms with van der Waals surface area (Å²) in [6, 6.07) is 6.83. The van der Waals surface area contributed by atoms with Crippen molar-refractivity contribution < 1.29 is 14.3 Å². The lowest BCUT2D eigenvalue weighted by atomic mass is 10.1. The van der Waals surface area contributed by atoms with E-state index in [2.05, 4.69) is 5.32 Å². The standard InChI is InChI=1S/C14H18ClN3O3/c15-10-2-1-3-11(8-10)17-13(19)9-12-14(20)18(5-4-16)6-7-21-12/h1-3,8,12H,4-7,9,16H2,(H,17,19). The van der Waals surface area contributed by atoms with Crippen LogP contribution in [-0.2, 0) is 14.3 Å². The molecule has 0 bridgehead atoms. The highest BCUT2D eigenvalue weighted by Crippen LogP contribution is 2.16. The monoisotopic (exact) mass is 311 g/mol. The van der Waals surface area contributed by atoms with Crippen LogP contribution in [0, 0.1) is 0 Å². The Morgan fingerprint density at radius 3 is 3.05 bits per heavy atom. The van der Waals surface area contributed by atoms with E-state index in [1.807, 2.05) is 0 Å². The van der Waals surface area contributed by atoms with E-state index in [-0.39, 0.29) is 18.2 Å². The van der Waals surface area contributed by atoms with Gasteiger partial charge in [0.1, 0.15) is 6.10 Å². The zero-order valence-corrected chi connectivity index (χ0v) is 12.3. The number of benzene rings is 1. The molecular weight excluding hydrogens is 294 g/mol. The highest BCUT2D eigenvalue weighted by atomic mass is 35.5. The smallest absolute Gasteiger partial charge is 0.252 e. The number of carbonyl (C=O) groups excluding carboxylic acids is 2. The van der Waals surface area contributed by atoms with Gasteiger partial charge in [0.05, 0.1) is 13.0 Å². The van der Waals surface area contributed by atoms with Crippen molar-refractivity contribution in [3.63, 3.8) is 0 Å². The number of rotatable bonds is 5. The Balaban J connectivity index is 1.91. The molecule has 1 aromatic rings. The Labute approximate surface area is 128 Å². The fourth-order valence-electron chi connectivity index (χ4n) is 2.16. The minimum absolute atomic E-state index is 0.0214. The highest BCUT2D eigenvalue weighted by Gasteiger charge is 2.30. The molecule has 1 aromatic carbocycles. The van der Waals surface area contributed by atoms with Crippen LogP contribution >= 0.6 is 11.6 Å². The molecule has 0 aromatic heterocycles. The summed E-state index contributed by atoms with van der Waals surface area (Å²) in [5.41, 5.74) is 6.05. The minimum Gasteiger partial charge on any atom is -0.366 e. The third-order valence-electron chi connectivity index (χ3n) is 3.15. The van der Waals surface area contributed by atoms with Gasteiger partial charge < -0.3 is 20.7 Å². The Bertz CT molecular complexity index is 522. The lowest BCUT2D eigenvalue weighted by molar-refractivity contribution is -0.154. The van der Waals surface area contributed by atoms with Crippen molar-refractivity contribution in [1.82, 2.24) is 4.90 Å². The van der Waals surface area contributed by atoms with E-state index in [0.29, 0.717) is 37.0 Å². The summed E-state index contributed by atoms with van der Waals surface area (Å²) >= 11 is 5.85. The second-order valence-corrected chi connectivity index (χ2v) is 5.17. The first kappa shape index (κ1) is 15.8. The van der Waals surface area contributed by atoms with Gasteiger partial charge in [0.25, 0.3) is 5.91 Å². The highest BCUT2D eigenvalue weighted by molar-refractivity contribution is 6.30. The second-order valence-electron chi connectivity index (χ2n) is 4.74. The van der Waals surface area contributed by atoms with Gasteiger partial charge in [0.2, 0.25) is 5.91 Å². The molecule has 0 aliphatic carbocycles. The van der Waals surface area contributed by atoms with Gasteiger partial charge in [-0.05, 0) is 18.2 Å². The number of morpholine rings is 1. The quantitative estimate of drug-likeness (QED) is 0.844. The van der Waals surface area contributed by atoms with Crippen molar-refractivity contribution in [1.29, 1.82) is 0 Å². The number of carbonyl (C=O) groups is 2. The molecule has 0 saturated carbocycles. The van der Waals surface area contributed by atoms with Crippen LogP contribution in [0.4, 0.5) is 5.69 Å². The summed E-state index contributed by atoms with van der Waals surface area (Å²) in [5.74, 6) is -0.474. The molecule has 1 unspecified atom stereocenters. The molecule has 2 rings (SSSR count). The molecular formula is C14H18ClN3O3. The average molecular weight is 312 g/mol. The molecule has 1 saturated heterocycles. The number of nitrogens with one attached hydrogen (secondary N) is 1. The number of nitrogens with two attached hydrogens (primary N) is 1. The Kier molecular flexibility index (Phi) is 5.55. The van der Waals surface area contributed by atoms with Crippen molar-refractivity contribution in [2.75, 3.05) is 31.6 Å². The Hall–Kier alpha value is -1.63. The summed E-state index contributed by atoms with van der Waals surface area (Å²) < 4.78 is 5.38. The fraction of sp³-hybridized carbons (Fsp3) is 0.429. The number of hydrogen-bond donors (Lipinski definition) is 2. The van der Waals surface area contributed by atoms with Crippen LogP contribution in [0.3, 0.4) is 0 Å². The van der Waals surface area contributed by atoms with Gasteiger partial charge in [0.15, 0.2) is 0 Å². The molecule has 2 amide bonds. The normalized spacial score (nSPS) is 18.7. The summed E-state index contributed by atoms with van der Waals surface area (Å²) in [7, 11) is 0. The zero-order valence-electron chi connectivity index (χ0n) is 11.5. The summed E-state index contributed by atoms with van der Waals surface area (Å²) in [5, 5.41) is 3.23. The number of amides is 2. The maximum Gasteiger partial charge on any atom is 0.252 e. The van der Waals surface area contributed by atoms with Gasteiger partial charge in [-0.2, -0.15) is 0 Å². The van der Waals surface area contributed by atoms with Crippen LogP contribution in [-0.4, -0.2) is 49.1 Å². The summed E-state index contributed by atoms with van der Waals surface area (Å²) in [6.45, 7) is 1.81. The third-order valence-corrected chi connectivity index (χ3v) is 3.38. The van der Waals surface area contributed by atoms with Crippen molar-refractivity contribution >= 4 is 29.1 Å². The van der Waals surface area contributed by atoms with Crippen molar-refractivity contribution in [2.24, 2.45) is 5.73 Å². The summed E-state index contributed by atoms with van der Waals surface area (Å²) in [4.78, 5) is 25.7. The van der Waals surface area contributed by atoms with E-state index in [1.165, 1.54) is 0 Å². The van der Waals surface area contributed by atoms with Gasteiger partial charge in [-0.15, -0.1) is 0 Å². The zero-order chi connectivity index (χ0) is 15.2. The summed E-state index contributed by atoms with van der Waals surface area (Å²) in [6.07, 6.45) is -0.767. The largest absolute Gasteiger partial charge is 0.366 e. The van der Waals surface area contributed by atoms with Crippen molar-refractivity contribution in [3.05, 3.63) is 29.3 Å². The predicted octanol–water partition coefficient (Wildman–Crippen LogP) is 0.855. The first-order valence-corrected chi connectivity index (χ1v) is 7.14. The van der Waals surface area contributed by atoms with Gasteiger partial charge in [0, 0.05) is 30.3 Å². The topological polar surface area (TPSA) is 84.7 Å². The number of anilines is 1. The molecule has 1 aliphatic heterocycles. The minimum atomic E-state index is -0.746. The number of nitrogens with zero attached hydrogens (tertiary/aromatic N) is 1. The molecule has 1 heterocycles. The van der Waals surface area contributed by atoms with Crippen LogP contribution in [0.1, 0.15) is 6.42 Å². The number of ether oxygens (including phenoxy) is 1. The van der Waals surface area contributed by atoms with Crippen molar-refractivity contribution in [3.8, 4) is 0 Å². The van der Waals surface area contributed by atoms with Crippen LogP contribution in [0.2, 0.25) is 5.02 Å². The molecule has 1 fully saturated rings. The molecule has 3 N–H and O–H groups in total. The van der Waals surface area contributed by atoms with E-state index in [1.54, 1.807) is 29.2 Å². The van der Waals surface area contributed by atoms with E-state index >= 15 is 0 Å². The fourth-order valence-corrected chi connectivity index (χ4v) is 2.35. The van der Waals surface area contributed by atoms with Crippen LogP contribution in [0.25, 0.3) is 0 Å². The molecule has 7 heteroatoms. The third kappa shape index (κ3) is 4.42. The number of hydrogen-bond acceptors (Lipinski definition) is 4. The molecule has 0 radical (unpaired) electrons. The van der Waals surface area contributed by atoms with E-state index in [4.69, 9.17) is 22.1 Å². The molecule has 1 atom stereocenters. The Morgan fingerprint density at radius 2 is 2.33 bits per heavy atom. The van der Waals surface area contributed by atoms with Crippen molar-refractivity contribution in [2.45, 2.75) is 12.5 Å². The van der Waals surface area contributed by atoms with Crippen LogP contribution in [0.15, 0.2) is 24.3 Å². The average Bonchev–Trinajstić information content (AvgIpc) is 2.43. The van der Waals surface area contributed by atoms with E-state index in [0.717, 1.165) is 0 Å². The molecule has 21 heavy (non-hydrogen) atoms. The molecule has 114 valence electrons. The van der Waals surface area contributed by atoms with Crippen LogP contribution in [0.5, 0.6) is 0 Å². The predicted molar refractivity (Wildman–Crippen MR) is 80.1 cm³/mol. The maximum absolute atomic E-state index is 12.1.